The van der Waals surface area contributed by atoms with Crippen molar-refractivity contribution >= 4 is 11.9 Å². The van der Waals surface area contributed by atoms with Gasteiger partial charge < -0.3 is 20.3 Å². The first-order valence-electron chi connectivity index (χ1n) is 8.63. The molecule has 0 unspecified atom stereocenters. The molecule has 0 heterocycles. The van der Waals surface area contributed by atoms with Gasteiger partial charge in [-0.15, -0.1) is 0 Å². The molecular formula is C18H24F3NO5. The number of carbonyl (C=O) groups is 2. The van der Waals surface area contributed by atoms with Crippen molar-refractivity contribution in [2.45, 2.75) is 44.8 Å². The second-order valence-electron chi connectivity index (χ2n) is 6.23. The van der Waals surface area contributed by atoms with E-state index in [9.17, 15) is 18.0 Å². The first-order valence-corrected chi connectivity index (χ1v) is 8.63. The molecule has 1 fully saturated rings. The normalized spacial score (nSPS) is 14.3. The maximum absolute atomic E-state index is 10.6. The monoisotopic (exact) mass is 391 g/mol. The number of halogens is 3. The first kappa shape index (κ1) is 22.8. The van der Waals surface area contributed by atoms with Gasteiger partial charge in [0.25, 0.3) is 0 Å². The van der Waals surface area contributed by atoms with E-state index in [-0.39, 0.29) is 6.42 Å². The van der Waals surface area contributed by atoms with Gasteiger partial charge in [-0.1, -0.05) is 25.0 Å². The van der Waals surface area contributed by atoms with Crippen molar-refractivity contribution in [1.82, 2.24) is 5.32 Å². The molecule has 6 nitrogen and oxygen atoms in total. The van der Waals surface area contributed by atoms with Gasteiger partial charge in [0, 0.05) is 13.1 Å². The zero-order valence-corrected chi connectivity index (χ0v) is 14.8. The molecule has 0 amide bonds. The fourth-order valence-corrected chi connectivity index (χ4v) is 2.52. The Morgan fingerprint density at radius 3 is 2.15 bits per heavy atom. The number of rotatable bonds is 8. The number of carboxylic acid groups (broad SMARTS) is 2. The van der Waals surface area contributed by atoms with Crippen molar-refractivity contribution < 1.29 is 37.7 Å². The molecule has 3 N–H and O–H groups in total. The molecule has 1 saturated carbocycles. The van der Waals surface area contributed by atoms with Crippen LogP contribution in [0.2, 0.25) is 0 Å². The predicted molar refractivity (Wildman–Crippen MR) is 91.5 cm³/mol. The van der Waals surface area contributed by atoms with E-state index in [0.717, 1.165) is 23.8 Å². The Morgan fingerprint density at radius 1 is 1.11 bits per heavy atom. The van der Waals surface area contributed by atoms with Crippen LogP contribution < -0.4 is 10.1 Å². The maximum atomic E-state index is 10.6. The van der Waals surface area contributed by atoms with Crippen LogP contribution in [0.3, 0.4) is 0 Å². The summed E-state index contributed by atoms with van der Waals surface area (Å²) >= 11 is 0. The Balaban J connectivity index is 0.000000445. The average molecular weight is 391 g/mol. The largest absolute Gasteiger partial charge is 0.493 e. The van der Waals surface area contributed by atoms with Crippen molar-refractivity contribution in [2.24, 2.45) is 5.92 Å². The highest BCUT2D eigenvalue weighted by atomic mass is 19.4. The summed E-state index contributed by atoms with van der Waals surface area (Å²) in [5.74, 6) is -1.88. The molecule has 0 aromatic heterocycles. The van der Waals surface area contributed by atoms with E-state index >= 15 is 0 Å². The standard InChI is InChI=1S/C16H23NO3.C2HF3O2/c18-16(19)9-10-17-11-13-5-7-15(8-6-13)20-12-14-3-1-2-4-14;3-2(4,5)1(6)7/h5-8,14,17H,1-4,9-12H2,(H,18,19);(H,6,7). The first-order chi connectivity index (χ1) is 12.7. The molecule has 1 aromatic carbocycles. The third kappa shape index (κ3) is 10.4. The van der Waals surface area contributed by atoms with Crippen LogP contribution in [0.15, 0.2) is 24.3 Å². The summed E-state index contributed by atoms with van der Waals surface area (Å²) in [6.07, 6.45) is 0.351. The molecule has 1 aliphatic carbocycles. The van der Waals surface area contributed by atoms with Gasteiger partial charge in [0.1, 0.15) is 5.75 Å². The molecule has 0 atom stereocenters. The van der Waals surface area contributed by atoms with Crippen molar-refractivity contribution in [3.05, 3.63) is 29.8 Å². The lowest BCUT2D eigenvalue weighted by Crippen LogP contribution is -2.21. The molecule has 2 rings (SSSR count). The molecule has 152 valence electrons. The number of benzene rings is 1. The van der Waals surface area contributed by atoms with Crippen LogP contribution in [0, 0.1) is 5.92 Å². The summed E-state index contributed by atoms with van der Waals surface area (Å²) < 4.78 is 37.5. The van der Waals surface area contributed by atoms with Gasteiger partial charge in [0.2, 0.25) is 0 Å². The third-order valence-corrected chi connectivity index (χ3v) is 3.97. The lowest BCUT2D eigenvalue weighted by molar-refractivity contribution is -0.192. The minimum absolute atomic E-state index is 0.155. The van der Waals surface area contributed by atoms with Gasteiger partial charge in [-0.25, -0.2) is 4.79 Å². The number of hydrogen-bond acceptors (Lipinski definition) is 4. The minimum Gasteiger partial charge on any atom is -0.493 e. The fourth-order valence-electron chi connectivity index (χ4n) is 2.52. The van der Waals surface area contributed by atoms with Crippen molar-refractivity contribution in [3.63, 3.8) is 0 Å². The van der Waals surface area contributed by atoms with E-state index < -0.39 is 18.1 Å². The van der Waals surface area contributed by atoms with Gasteiger partial charge in [0.15, 0.2) is 0 Å². The van der Waals surface area contributed by atoms with Gasteiger partial charge in [0.05, 0.1) is 13.0 Å². The van der Waals surface area contributed by atoms with E-state index in [1.54, 1.807) is 0 Å². The smallest absolute Gasteiger partial charge is 0.490 e. The highest BCUT2D eigenvalue weighted by Gasteiger charge is 2.38. The Hall–Kier alpha value is -2.29. The maximum Gasteiger partial charge on any atom is 0.490 e. The average Bonchev–Trinajstić information content (AvgIpc) is 3.11. The SMILES string of the molecule is O=C(O)C(F)(F)F.O=C(O)CCNCc1ccc(OCC2CCCC2)cc1. The molecular weight excluding hydrogens is 367 g/mol. The number of ether oxygens (including phenoxy) is 1. The third-order valence-electron chi connectivity index (χ3n) is 3.97. The van der Waals surface area contributed by atoms with Crippen LogP contribution >= 0.6 is 0 Å². The molecule has 0 bridgehead atoms. The van der Waals surface area contributed by atoms with Crippen LogP contribution in [-0.2, 0) is 16.1 Å². The van der Waals surface area contributed by atoms with E-state index in [1.165, 1.54) is 25.7 Å². The summed E-state index contributed by atoms with van der Waals surface area (Å²) in [6.45, 7) is 2.02. The van der Waals surface area contributed by atoms with Crippen LogP contribution in [-0.4, -0.2) is 41.5 Å². The van der Waals surface area contributed by atoms with Crippen molar-refractivity contribution in [3.8, 4) is 5.75 Å². The van der Waals surface area contributed by atoms with Crippen molar-refractivity contribution in [2.75, 3.05) is 13.2 Å². The second kappa shape index (κ2) is 11.4. The van der Waals surface area contributed by atoms with Gasteiger partial charge >= 0.3 is 18.1 Å². The molecule has 0 spiro atoms. The Morgan fingerprint density at radius 2 is 1.67 bits per heavy atom. The van der Waals surface area contributed by atoms with Crippen LogP contribution in [0.1, 0.15) is 37.7 Å². The van der Waals surface area contributed by atoms with E-state index in [4.69, 9.17) is 19.7 Å². The van der Waals surface area contributed by atoms with E-state index in [0.29, 0.717) is 13.1 Å². The zero-order valence-electron chi connectivity index (χ0n) is 14.8. The Kier molecular flexibility index (Phi) is 9.63. The summed E-state index contributed by atoms with van der Waals surface area (Å²) in [5, 5.41) is 18.8. The van der Waals surface area contributed by atoms with Gasteiger partial charge in [-0.2, -0.15) is 13.2 Å². The summed E-state index contributed by atoms with van der Waals surface area (Å²) in [5.41, 5.74) is 1.14. The highest BCUT2D eigenvalue weighted by molar-refractivity contribution is 5.73. The van der Waals surface area contributed by atoms with Gasteiger partial charge in [-0.3, -0.25) is 4.79 Å². The molecule has 0 aliphatic heterocycles. The molecule has 1 aromatic rings. The number of carboxylic acids is 2. The quantitative estimate of drug-likeness (QED) is 0.588. The molecule has 1 aliphatic rings. The van der Waals surface area contributed by atoms with Crippen LogP contribution in [0.4, 0.5) is 13.2 Å². The summed E-state index contributed by atoms with van der Waals surface area (Å²) in [7, 11) is 0. The molecule has 9 heteroatoms. The Bertz CT molecular complexity index is 584. The minimum atomic E-state index is -5.08. The molecule has 27 heavy (non-hydrogen) atoms. The lowest BCUT2D eigenvalue weighted by Gasteiger charge is -2.11. The number of hydrogen-bond donors (Lipinski definition) is 3. The summed E-state index contributed by atoms with van der Waals surface area (Å²) in [6, 6.07) is 8.03. The predicted octanol–water partition coefficient (Wildman–Crippen LogP) is 3.45. The number of aliphatic carboxylic acids is 2. The van der Waals surface area contributed by atoms with Crippen molar-refractivity contribution in [1.29, 1.82) is 0 Å². The topological polar surface area (TPSA) is 95.9 Å². The number of nitrogens with one attached hydrogen (secondary N) is 1. The zero-order chi connectivity index (χ0) is 20.3. The Labute approximate surface area is 155 Å². The van der Waals surface area contributed by atoms with Crippen LogP contribution in [0.5, 0.6) is 5.75 Å². The fraction of sp³-hybridized carbons (Fsp3) is 0.556. The van der Waals surface area contributed by atoms with Gasteiger partial charge in [-0.05, 0) is 36.5 Å². The highest BCUT2D eigenvalue weighted by Crippen LogP contribution is 2.25. The number of alkyl halides is 3. The van der Waals surface area contributed by atoms with E-state index in [1.807, 2.05) is 24.3 Å². The molecule has 0 radical (unpaired) electrons. The second-order valence-corrected chi connectivity index (χ2v) is 6.23. The lowest BCUT2D eigenvalue weighted by atomic mass is 10.1. The summed E-state index contributed by atoms with van der Waals surface area (Å²) in [4.78, 5) is 19.3. The van der Waals surface area contributed by atoms with Crippen LogP contribution in [0.25, 0.3) is 0 Å². The molecule has 0 saturated heterocycles. The van der Waals surface area contributed by atoms with E-state index in [2.05, 4.69) is 5.32 Å².